The van der Waals surface area contributed by atoms with Gasteiger partial charge < -0.3 is 25.3 Å². The number of nitrogens with one attached hydrogen (secondary N) is 4. The molecule has 0 saturated carbocycles. The van der Waals surface area contributed by atoms with Crippen LogP contribution in [0.25, 0.3) is 11.0 Å². The van der Waals surface area contributed by atoms with E-state index >= 15 is 0 Å². The molecular formula is C25H27N7O4. The molecule has 11 nitrogen and oxygen atoms in total. The zero-order valence-corrected chi connectivity index (χ0v) is 20.1. The third-order valence-electron chi connectivity index (χ3n) is 5.61. The van der Waals surface area contributed by atoms with Gasteiger partial charge in [0.1, 0.15) is 5.69 Å². The Balaban J connectivity index is 1.48. The summed E-state index contributed by atoms with van der Waals surface area (Å²) in [6.45, 7) is 5.72. The number of imidazole rings is 2. The van der Waals surface area contributed by atoms with Crippen LogP contribution in [0.15, 0.2) is 54.9 Å². The number of aromatic nitrogens is 4. The fourth-order valence-electron chi connectivity index (χ4n) is 3.81. The number of carboxylic acid groups (broad SMARTS) is 1. The first-order valence-corrected chi connectivity index (χ1v) is 11.3. The van der Waals surface area contributed by atoms with Gasteiger partial charge in [-0.25, -0.2) is 14.8 Å². The maximum Gasteiger partial charge on any atom is 0.407 e. The molecule has 0 radical (unpaired) electrons. The highest BCUT2D eigenvalue weighted by atomic mass is 16.4. The van der Waals surface area contributed by atoms with Crippen molar-refractivity contribution in [2.24, 2.45) is 0 Å². The molecule has 36 heavy (non-hydrogen) atoms. The molecule has 0 spiro atoms. The number of H-pyrrole nitrogens is 2. The van der Waals surface area contributed by atoms with Crippen LogP contribution in [0.4, 0.5) is 16.4 Å². The quantitative estimate of drug-likeness (QED) is 0.263. The Morgan fingerprint density at radius 1 is 1.00 bits per heavy atom. The molecule has 0 atom stereocenters. The number of anilines is 2. The van der Waals surface area contributed by atoms with E-state index in [1.807, 2.05) is 57.2 Å². The van der Waals surface area contributed by atoms with Gasteiger partial charge >= 0.3 is 6.09 Å². The zero-order valence-electron chi connectivity index (χ0n) is 20.1. The largest absolute Gasteiger partial charge is 0.465 e. The number of aromatic amines is 2. The van der Waals surface area contributed by atoms with Crippen LogP contribution < -0.4 is 10.6 Å². The molecule has 2 aromatic heterocycles. The highest BCUT2D eigenvalue weighted by Gasteiger charge is 2.26. The Kier molecular flexibility index (Phi) is 6.73. The van der Waals surface area contributed by atoms with Crippen molar-refractivity contribution < 1.29 is 19.5 Å². The molecule has 186 valence electrons. The topological polar surface area (TPSA) is 156 Å². The minimum atomic E-state index is -1.01. The predicted molar refractivity (Wildman–Crippen MR) is 135 cm³/mol. The average Bonchev–Trinajstić information content (AvgIpc) is 3.46. The minimum absolute atomic E-state index is 0.0183. The Hall–Kier alpha value is -4.67. The molecule has 0 aliphatic carbocycles. The molecule has 5 N–H and O–H groups in total. The molecule has 0 fully saturated rings. The molecule has 2 heterocycles. The second-order valence-electron chi connectivity index (χ2n) is 9.15. The summed E-state index contributed by atoms with van der Waals surface area (Å²) in [7, 11) is 0. The van der Waals surface area contributed by atoms with Crippen LogP contribution in [0.5, 0.6) is 0 Å². The maximum atomic E-state index is 13.1. The SMILES string of the molecule is CC(C)(C)N(CCc1ccccc1NC(=O)c1nc[nH]c1C(=O)Nc1nc2ccccc2[nH]1)C(=O)O. The summed E-state index contributed by atoms with van der Waals surface area (Å²) in [5.74, 6) is -0.911. The van der Waals surface area contributed by atoms with E-state index in [1.54, 1.807) is 12.1 Å². The number of carbonyl (C=O) groups excluding carboxylic acids is 2. The second kappa shape index (κ2) is 9.90. The van der Waals surface area contributed by atoms with Gasteiger partial charge in [0.2, 0.25) is 5.95 Å². The van der Waals surface area contributed by atoms with Crippen molar-refractivity contribution in [3.05, 3.63) is 71.8 Å². The highest BCUT2D eigenvalue weighted by molar-refractivity contribution is 6.13. The van der Waals surface area contributed by atoms with Gasteiger partial charge in [0.25, 0.3) is 11.8 Å². The first kappa shape index (κ1) is 24.5. The summed E-state index contributed by atoms with van der Waals surface area (Å²) in [5.41, 5.74) is 2.05. The smallest absolute Gasteiger partial charge is 0.407 e. The van der Waals surface area contributed by atoms with E-state index in [1.165, 1.54) is 11.2 Å². The molecule has 0 aliphatic heterocycles. The van der Waals surface area contributed by atoms with E-state index < -0.39 is 23.4 Å². The lowest BCUT2D eigenvalue weighted by atomic mass is 10.0. The molecule has 0 bridgehead atoms. The van der Waals surface area contributed by atoms with Crippen molar-refractivity contribution in [2.45, 2.75) is 32.7 Å². The Morgan fingerprint density at radius 3 is 2.44 bits per heavy atom. The van der Waals surface area contributed by atoms with E-state index in [-0.39, 0.29) is 23.9 Å². The van der Waals surface area contributed by atoms with Gasteiger partial charge in [0, 0.05) is 17.8 Å². The van der Waals surface area contributed by atoms with Crippen molar-refractivity contribution in [1.29, 1.82) is 0 Å². The van der Waals surface area contributed by atoms with E-state index in [4.69, 9.17) is 0 Å². The lowest BCUT2D eigenvalue weighted by molar-refractivity contribution is 0.0984. The fourth-order valence-corrected chi connectivity index (χ4v) is 3.81. The van der Waals surface area contributed by atoms with Crippen LogP contribution in [0.2, 0.25) is 0 Å². The third kappa shape index (κ3) is 5.35. The Morgan fingerprint density at radius 2 is 1.72 bits per heavy atom. The van der Waals surface area contributed by atoms with Gasteiger partial charge in [-0.3, -0.25) is 14.9 Å². The van der Waals surface area contributed by atoms with E-state index in [2.05, 4.69) is 30.6 Å². The number of fused-ring (bicyclic) bond motifs is 1. The summed E-state index contributed by atoms with van der Waals surface area (Å²) in [6, 6.07) is 14.4. The summed E-state index contributed by atoms with van der Waals surface area (Å²) < 4.78 is 0. The third-order valence-corrected chi connectivity index (χ3v) is 5.61. The van der Waals surface area contributed by atoms with Gasteiger partial charge in [0.05, 0.1) is 17.4 Å². The van der Waals surface area contributed by atoms with E-state index in [9.17, 15) is 19.5 Å². The lowest BCUT2D eigenvalue weighted by Gasteiger charge is -2.33. The molecule has 0 saturated heterocycles. The van der Waals surface area contributed by atoms with Gasteiger partial charge in [-0.05, 0) is 51.0 Å². The van der Waals surface area contributed by atoms with Crippen LogP contribution in [-0.4, -0.2) is 59.9 Å². The number of benzene rings is 2. The van der Waals surface area contributed by atoms with Crippen molar-refractivity contribution in [3.8, 4) is 0 Å². The van der Waals surface area contributed by atoms with E-state index in [0.717, 1.165) is 11.1 Å². The maximum absolute atomic E-state index is 13.1. The lowest BCUT2D eigenvalue weighted by Crippen LogP contribution is -2.46. The van der Waals surface area contributed by atoms with Crippen LogP contribution in [0.1, 0.15) is 47.3 Å². The number of carbonyl (C=O) groups is 3. The van der Waals surface area contributed by atoms with Crippen molar-refractivity contribution in [1.82, 2.24) is 24.8 Å². The minimum Gasteiger partial charge on any atom is -0.465 e. The van der Waals surface area contributed by atoms with E-state index in [0.29, 0.717) is 17.6 Å². The molecule has 3 amide bonds. The monoisotopic (exact) mass is 489 g/mol. The first-order chi connectivity index (χ1) is 17.1. The summed E-state index contributed by atoms with van der Waals surface area (Å²) in [6.07, 6.45) is 0.642. The van der Waals surface area contributed by atoms with Crippen molar-refractivity contribution >= 4 is 40.6 Å². The first-order valence-electron chi connectivity index (χ1n) is 11.3. The van der Waals surface area contributed by atoms with Crippen LogP contribution in [0.3, 0.4) is 0 Å². The summed E-state index contributed by atoms with van der Waals surface area (Å²) in [5, 5.41) is 15.0. The number of rotatable bonds is 7. The number of para-hydroxylation sites is 3. The van der Waals surface area contributed by atoms with Crippen LogP contribution >= 0.6 is 0 Å². The second-order valence-corrected chi connectivity index (χ2v) is 9.15. The molecule has 0 unspecified atom stereocenters. The van der Waals surface area contributed by atoms with Crippen molar-refractivity contribution in [2.75, 3.05) is 17.2 Å². The number of hydrogen-bond donors (Lipinski definition) is 5. The number of amides is 3. The van der Waals surface area contributed by atoms with Gasteiger partial charge in [-0.1, -0.05) is 30.3 Å². The Bertz CT molecular complexity index is 1380. The molecule has 0 aliphatic rings. The number of nitrogens with zero attached hydrogens (tertiary/aromatic N) is 3. The highest BCUT2D eigenvalue weighted by Crippen LogP contribution is 2.21. The van der Waals surface area contributed by atoms with Gasteiger partial charge in [-0.15, -0.1) is 0 Å². The molecule has 11 heteroatoms. The fraction of sp³-hybridized carbons (Fsp3) is 0.240. The molecule has 4 rings (SSSR count). The summed E-state index contributed by atoms with van der Waals surface area (Å²) >= 11 is 0. The van der Waals surface area contributed by atoms with Crippen LogP contribution in [0, 0.1) is 0 Å². The zero-order chi connectivity index (χ0) is 25.9. The number of hydrogen-bond acceptors (Lipinski definition) is 5. The molecule has 2 aromatic carbocycles. The Labute approximate surface area is 207 Å². The average molecular weight is 490 g/mol. The standard InChI is InChI=1S/C25H27N7O4/c1-25(2,3)32(24(35)36)13-12-15-8-4-5-9-16(15)28-21(33)19-20(27-14-26-19)22(34)31-23-29-17-10-6-7-11-18(17)30-23/h4-11,14H,12-13H2,1-3H3,(H,26,27)(H,28,33)(H,35,36)(H2,29,30,31,34). The van der Waals surface area contributed by atoms with Gasteiger partial charge in [-0.2, -0.15) is 0 Å². The summed E-state index contributed by atoms with van der Waals surface area (Å²) in [4.78, 5) is 53.0. The van der Waals surface area contributed by atoms with Gasteiger partial charge in [0.15, 0.2) is 5.69 Å². The molecular weight excluding hydrogens is 462 g/mol. The van der Waals surface area contributed by atoms with Crippen molar-refractivity contribution in [3.63, 3.8) is 0 Å². The predicted octanol–water partition coefficient (Wildman–Crippen LogP) is 4.11. The normalized spacial score (nSPS) is 11.3. The van der Waals surface area contributed by atoms with Crippen LogP contribution in [-0.2, 0) is 6.42 Å². The molecule has 4 aromatic rings.